The molecule has 0 unspecified atom stereocenters. The molecule has 4 atom stereocenters. The Bertz CT molecular complexity index is 480. The number of aliphatic hydroxyl groups excluding tert-OH is 1. The Morgan fingerprint density at radius 2 is 1.41 bits per heavy atom. The van der Waals surface area contributed by atoms with Crippen molar-refractivity contribution < 1.29 is 47.9 Å². The van der Waals surface area contributed by atoms with Crippen LogP contribution in [0.1, 0.15) is 52.9 Å². The third-order valence-electron chi connectivity index (χ3n) is 4.59. The summed E-state index contributed by atoms with van der Waals surface area (Å²) in [5.74, 6) is -0.280. The zero-order valence-electron chi connectivity index (χ0n) is 20.4. The first-order chi connectivity index (χ1) is 15.2. The lowest BCUT2D eigenvalue weighted by molar-refractivity contribution is -0.155. The van der Waals surface area contributed by atoms with Crippen molar-refractivity contribution in [3.63, 3.8) is 0 Å². The van der Waals surface area contributed by atoms with Gasteiger partial charge in [-0.2, -0.15) is 0 Å². The van der Waals surface area contributed by atoms with Crippen LogP contribution in [0.2, 0.25) is 0 Å². The number of carbonyl (C=O) groups excluding carboxylic acids is 2. The Kier molecular flexibility index (Phi) is 17.7. The molecule has 0 aromatic rings. The van der Waals surface area contributed by atoms with E-state index in [-0.39, 0.29) is 51.6 Å². The monoisotopic (exact) mass is 466 g/mol. The molecule has 0 aromatic heterocycles. The molecule has 0 spiro atoms. The predicted octanol–water partition coefficient (Wildman–Crippen LogP) is 2.05. The van der Waals surface area contributed by atoms with Crippen molar-refractivity contribution in [1.82, 2.24) is 0 Å². The molecule has 0 heterocycles. The summed E-state index contributed by atoms with van der Waals surface area (Å²) >= 11 is 0. The Balaban J connectivity index is 4.98. The van der Waals surface area contributed by atoms with Gasteiger partial charge in [0.2, 0.25) is 0 Å². The van der Waals surface area contributed by atoms with Crippen molar-refractivity contribution in [2.45, 2.75) is 77.3 Å². The van der Waals surface area contributed by atoms with Crippen molar-refractivity contribution in [3.8, 4) is 0 Å². The second kappa shape index (κ2) is 18.3. The minimum atomic E-state index is -0.942. The van der Waals surface area contributed by atoms with Crippen LogP contribution in [0.25, 0.3) is 0 Å². The summed E-state index contributed by atoms with van der Waals surface area (Å²) < 4.78 is 37.4. The van der Waals surface area contributed by atoms with Gasteiger partial charge in [0.05, 0.1) is 36.4 Å². The Labute approximate surface area is 191 Å². The number of esters is 1. The Hall–Kier alpha value is -1.14. The van der Waals surface area contributed by atoms with Gasteiger partial charge in [-0.25, -0.2) is 0 Å². The maximum Gasteiger partial charge on any atom is 0.311 e. The number of carbonyl (C=O) groups is 2. The van der Waals surface area contributed by atoms with Gasteiger partial charge >= 0.3 is 5.97 Å². The maximum absolute atomic E-state index is 12.0. The third kappa shape index (κ3) is 14.8. The van der Waals surface area contributed by atoms with Crippen LogP contribution >= 0.6 is 0 Å². The highest BCUT2D eigenvalue weighted by molar-refractivity contribution is 5.75. The van der Waals surface area contributed by atoms with E-state index in [4.69, 9.17) is 33.2 Å². The topological polar surface area (TPSA) is 119 Å². The molecule has 190 valence electrons. The standard InChI is InChI=1S/C22H42O10/c1-22(2,3)21(25)29-12-10-18(31-15-27-5)13-17(30-14-26-4)7-8-20(32-16-28-6)19(24)9-11-23/h11,17-20,24H,7-10,12-16H2,1-6H3/t17-,18+,19-,20-/m1/s1. The summed E-state index contributed by atoms with van der Waals surface area (Å²) in [6, 6.07) is 0. The van der Waals surface area contributed by atoms with E-state index in [1.165, 1.54) is 21.3 Å². The molecule has 0 bridgehead atoms. The second-order valence-electron chi connectivity index (χ2n) is 8.46. The molecule has 0 aliphatic heterocycles. The molecule has 1 N–H and O–H groups in total. The van der Waals surface area contributed by atoms with Gasteiger partial charge in [0.15, 0.2) is 0 Å². The van der Waals surface area contributed by atoms with Gasteiger partial charge in [-0.05, 0) is 33.6 Å². The van der Waals surface area contributed by atoms with E-state index >= 15 is 0 Å². The average molecular weight is 467 g/mol. The molecule has 0 aliphatic rings. The third-order valence-corrected chi connectivity index (χ3v) is 4.59. The number of aldehydes is 1. The lowest BCUT2D eigenvalue weighted by Gasteiger charge is -2.27. The Morgan fingerprint density at radius 3 is 1.91 bits per heavy atom. The van der Waals surface area contributed by atoms with E-state index in [0.717, 1.165) is 0 Å². The molecule has 10 heteroatoms. The van der Waals surface area contributed by atoms with Crippen LogP contribution in [-0.2, 0) is 42.7 Å². The number of rotatable bonds is 20. The first-order valence-corrected chi connectivity index (χ1v) is 10.8. The quantitative estimate of drug-likeness (QED) is 0.162. The fourth-order valence-electron chi connectivity index (χ4n) is 2.80. The van der Waals surface area contributed by atoms with Crippen molar-refractivity contribution in [2.75, 3.05) is 48.3 Å². The second-order valence-corrected chi connectivity index (χ2v) is 8.46. The number of methoxy groups -OCH3 is 3. The van der Waals surface area contributed by atoms with Crippen LogP contribution in [0.4, 0.5) is 0 Å². The Morgan fingerprint density at radius 1 is 0.875 bits per heavy atom. The molecule has 0 radical (unpaired) electrons. The van der Waals surface area contributed by atoms with E-state index in [0.29, 0.717) is 32.0 Å². The average Bonchev–Trinajstić information content (AvgIpc) is 2.74. The molecule has 0 fully saturated rings. The van der Waals surface area contributed by atoms with Gasteiger partial charge in [0.25, 0.3) is 0 Å². The van der Waals surface area contributed by atoms with Gasteiger partial charge in [0, 0.05) is 40.6 Å². The van der Waals surface area contributed by atoms with Crippen molar-refractivity contribution in [3.05, 3.63) is 0 Å². The van der Waals surface area contributed by atoms with Crippen molar-refractivity contribution in [1.29, 1.82) is 0 Å². The van der Waals surface area contributed by atoms with E-state index in [1.54, 1.807) is 20.8 Å². The minimum absolute atomic E-state index is 0.00287. The summed E-state index contributed by atoms with van der Waals surface area (Å²) in [5.41, 5.74) is -0.577. The van der Waals surface area contributed by atoms with Gasteiger partial charge in [-0.1, -0.05) is 0 Å². The summed E-state index contributed by atoms with van der Waals surface area (Å²) in [5, 5.41) is 10.2. The van der Waals surface area contributed by atoms with Crippen molar-refractivity contribution >= 4 is 12.3 Å². The van der Waals surface area contributed by atoms with Crippen LogP contribution < -0.4 is 0 Å². The number of aliphatic hydroxyl groups is 1. The molecule has 0 aliphatic carbocycles. The number of ether oxygens (including phenoxy) is 7. The maximum atomic E-state index is 12.0. The van der Waals surface area contributed by atoms with E-state index in [9.17, 15) is 14.7 Å². The fraction of sp³-hybridized carbons (Fsp3) is 0.909. The molecule has 32 heavy (non-hydrogen) atoms. The van der Waals surface area contributed by atoms with Gasteiger partial charge in [-0.15, -0.1) is 0 Å². The molecule has 10 nitrogen and oxygen atoms in total. The molecule has 0 saturated carbocycles. The van der Waals surface area contributed by atoms with Crippen LogP contribution in [0.3, 0.4) is 0 Å². The zero-order chi connectivity index (χ0) is 24.4. The summed E-state index contributed by atoms with van der Waals surface area (Å²) in [6.07, 6.45) is 0.427. The highest BCUT2D eigenvalue weighted by Gasteiger charge is 2.26. The SMILES string of the molecule is COCO[C@H](CC[C@@H](OCOC)[C@H](O)CC=O)C[C@H](CCOC(=O)C(C)(C)C)OCOC. The molecular weight excluding hydrogens is 424 g/mol. The number of hydrogen-bond acceptors (Lipinski definition) is 10. The summed E-state index contributed by atoms with van der Waals surface area (Å²) in [7, 11) is 4.54. The molecular formula is C22H42O10. The first-order valence-electron chi connectivity index (χ1n) is 10.8. The lowest BCUT2D eigenvalue weighted by atomic mass is 9.97. The van der Waals surface area contributed by atoms with Crippen LogP contribution in [0.15, 0.2) is 0 Å². The summed E-state index contributed by atoms with van der Waals surface area (Å²) in [6.45, 7) is 5.77. The van der Waals surface area contributed by atoms with Crippen molar-refractivity contribution in [2.24, 2.45) is 5.41 Å². The fourth-order valence-corrected chi connectivity index (χ4v) is 2.80. The van der Waals surface area contributed by atoms with Gasteiger partial charge in [-0.3, -0.25) is 4.79 Å². The molecule has 0 rings (SSSR count). The highest BCUT2D eigenvalue weighted by atomic mass is 16.7. The molecule has 0 aromatic carbocycles. The minimum Gasteiger partial charge on any atom is -0.465 e. The zero-order valence-corrected chi connectivity index (χ0v) is 20.4. The summed E-state index contributed by atoms with van der Waals surface area (Å²) in [4.78, 5) is 22.8. The van der Waals surface area contributed by atoms with Crippen LogP contribution in [0, 0.1) is 5.41 Å². The normalized spacial score (nSPS) is 15.7. The first kappa shape index (κ1) is 30.9. The highest BCUT2D eigenvalue weighted by Crippen LogP contribution is 2.20. The van der Waals surface area contributed by atoms with E-state index in [2.05, 4.69) is 0 Å². The number of hydrogen-bond donors (Lipinski definition) is 1. The van der Waals surface area contributed by atoms with Gasteiger partial charge in [0.1, 0.15) is 26.7 Å². The van der Waals surface area contributed by atoms with Crippen LogP contribution in [-0.4, -0.2) is 90.1 Å². The van der Waals surface area contributed by atoms with Crippen LogP contribution in [0.5, 0.6) is 0 Å². The smallest absolute Gasteiger partial charge is 0.311 e. The molecule has 0 amide bonds. The molecule has 0 saturated heterocycles. The van der Waals surface area contributed by atoms with E-state index < -0.39 is 17.6 Å². The van der Waals surface area contributed by atoms with E-state index in [1.807, 2.05) is 0 Å². The predicted molar refractivity (Wildman–Crippen MR) is 116 cm³/mol. The largest absolute Gasteiger partial charge is 0.465 e. The lowest BCUT2D eigenvalue weighted by Crippen LogP contribution is -2.33. The van der Waals surface area contributed by atoms with Gasteiger partial charge < -0.3 is 43.1 Å².